The van der Waals surface area contributed by atoms with Crippen LogP contribution in [-0.4, -0.2) is 28.4 Å². The molecule has 6 nitrogen and oxygen atoms in total. The van der Waals surface area contributed by atoms with Gasteiger partial charge in [0.05, 0.1) is 28.4 Å². The largest absolute Gasteiger partial charge is 0.507 e. The van der Waals surface area contributed by atoms with E-state index in [-0.39, 0.29) is 11.3 Å². The zero-order chi connectivity index (χ0) is 25.6. The smallest absolute Gasteiger partial charge is 0.301 e. The lowest BCUT2D eigenvalue weighted by Crippen LogP contribution is -2.29. The van der Waals surface area contributed by atoms with Crippen LogP contribution in [0.5, 0.6) is 5.75 Å². The SMILES string of the molecule is CCOc1ccc(/C(O)=C2\C(=O)C(=O)N(c3nc4c(C)cc(C)cc4s3)C2c2cccc(Cl)c2)cc1. The molecule has 0 radical (unpaired) electrons. The Morgan fingerprint density at radius 3 is 2.56 bits per heavy atom. The number of Topliss-reactive ketones (excluding diaryl/α,β-unsaturated/α-hetero) is 1. The van der Waals surface area contributed by atoms with E-state index in [1.165, 1.54) is 16.2 Å². The van der Waals surface area contributed by atoms with E-state index in [4.69, 9.17) is 21.3 Å². The summed E-state index contributed by atoms with van der Waals surface area (Å²) >= 11 is 7.63. The standard InChI is InChI=1S/C28H23ClN2O4S/c1-4-35-20-10-8-17(9-11-20)25(32)22-24(18-6-5-7-19(29)14-18)31(27(34)26(22)33)28-30-23-16(3)12-15(2)13-21(23)36-28/h5-14,24,32H,4H2,1-3H3/b25-22+. The second-order valence-electron chi connectivity index (χ2n) is 8.61. The lowest BCUT2D eigenvalue weighted by molar-refractivity contribution is -0.132. The molecule has 4 aromatic rings. The maximum absolute atomic E-state index is 13.4. The number of ether oxygens (including phenoxy) is 1. The highest BCUT2D eigenvalue weighted by atomic mass is 35.5. The zero-order valence-electron chi connectivity index (χ0n) is 19.9. The second kappa shape index (κ2) is 9.41. The highest BCUT2D eigenvalue weighted by Gasteiger charge is 2.48. The van der Waals surface area contributed by atoms with Gasteiger partial charge in [0.2, 0.25) is 0 Å². The molecule has 3 aromatic carbocycles. The quantitative estimate of drug-likeness (QED) is 0.183. The number of carbonyl (C=O) groups excluding carboxylic acids is 2. The number of rotatable bonds is 5. The number of anilines is 1. The highest BCUT2D eigenvalue weighted by molar-refractivity contribution is 7.22. The van der Waals surface area contributed by atoms with Gasteiger partial charge in [0.1, 0.15) is 11.5 Å². The van der Waals surface area contributed by atoms with Crippen molar-refractivity contribution in [3.8, 4) is 5.75 Å². The molecule has 1 saturated heterocycles. The molecule has 1 fully saturated rings. The minimum atomic E-state index is -0.891. The monoisotopic (exact) mass is 518 g/mol. The van der Waals surface area contributed by atoms with Crippen LogP contribution < -0.4 is 9.64 Å². The molecule has 5 rings (SSSR count). The summed E-state index contributed by atoms with van der Waals surface area (Å²) in [6.07, 6.45) is 0. The van der Waals surface area contributed by atoms with Crippen molar-refractivity contribution in [2.45, 2.75) is 26.8 Å². The molecule has 1 aromatic heterocycles. The Morgan fingerprint density at radius 1 is 1.11 bits per heavy atom. The summed E-state index contributed by atoms with van der Waals surface area (Å²) in [5.41, 5.74) is 3.83. The molecule has 1 aliphatic rings. The van der Waals surface area contributed by atoms with Gasteiger partial charge >= 0.3 is 5.91 Å². The number of amides is 1. The molecule has 0 bridgehead atoms. The number of ketones is 1. The van der Waals surface area contributed by atoms with Crippen LogP contribution in [0, 0.1) is 13.8 Å². The maximum atomic E-state index is 13.4. The van der Waals surface area contributed by atoms with Crippen LogP contribution in [0.4, 0.5) is 5.13 Å². The molecular weight excluding hydrogens is 496 g/mol. The third-order valence-corrected chi connectivity index (χ3v) is 7.31. The number of carbonyl (C=O) groups is 2. The number of aromatic nitrogens is 1. The van der Waals surface area contributed by atoms with Gasteiger partial charge in [-0.2, -0.15) is 0 Å². The minimum Gasteiger partial charge on any atom is -0.507 e. The molecule has 0 saturated carbocycles. The number of nitrogens with zero attached hydrogens (tertiary/aromatic N) is 2. The lowest BCUT2D eigenvalue weighted by Gasteiger charge is -2.23. The molecule has 1 unspecified atom stereocenters. The van der Waals surface area contributed by atoms with E-state index >= 15 is 0 Å². The van der Waals surface area contributed by atoms with Gasteiger partial charge in [-0.05, 0) is 79.9 Å². The average molecular weight is 519 g/mol. The Bertz CT molecular complexity index is 1540. The number of aliphatic hydroxyl groups is 1. The van der Waals surface area contributed by atoms with Gasteiger partial charge in [0.25, 0.3) is 5.78 Å². The summed E-state index contributed by atoms with van der Waals surface area (Å²) in [5.74, 6) is -1.16. The molecule has 1 aliphatic heterocycles. The second-order valence-corrected chi connectivity index (χ2v) is 10.1. The normalized spacial score (nSPS) is 17.2. The van der Waals surface area contributed by atoms with Gasteiger partial charge < -0.3 is 9.84 Å². The number of hydrogen-bond donors (Lipinski definition) is 1. The first kappa shape index (κ1) is 24.0. The van der Waals surface area contributed by atoms with E-state index < -0.39 is 17.7 Å². The summed E-state index contributed by atoms with van der Waals surface area (Å²) in [5, 5.41) is 12.1. The third-order valence-electron chi connectivity index (χ3n) is 6.07. The fourth-order valence-corrected chi connectivity index (χ4v) is 5.88. The summed E-state index contributed by atoms with van der Waals surface area (Å²) in [6.45, 7) is 6.35. The lowest BCUT2D eigenvalue weighted by atomic mass is 9.95. The van der Waals surface area contributed by atoms with Crippen molar-refractivity contribution in [3.63, 3.8) is 0 Å². The molecule has 1 N–H and O–H groups in total. The molecule has 36 heavy (non-hydrogen) atoms. The number of hydrogen-bond acceptors (Lipinski definition) is 6. The van der Waals surface area contributed by atoms with E-state index in [1.54, 1.807) is 48.5 Å². The number of fused-ring (bicyclic) bond motifs is 1. The number of benzene rings is 3. The highest BCUT2D eigenvalue weighted by Crippen LogP contribution is 2.45. The molecule has 8 heteroatoms. The van der Waals surface area contributed by atoms with E-state index in [0.29, 0.717) is 33.6 Å². The summed E-state index contributed by atoms with van der Waals surface area (Å²) in [4.78, 5) is 32.9. The number of aliphatic hydroxyl groups excluding tert-OH is 1. The van der Waals surface area contributed by atoms with Crippen molar-refractivity contribution in [3.05, 3.63) is 93.5 Å². The van der Waals surface area contributed by atoms with Crippen molar-refractivity contribution < 1.29 is 19.4 Å². The maximum Gasteiger partial charge on any atom is 0.301 e. The van der Waals surface area contributed by atoms with Crippen molar-refractivity contribution in [2.75, 3.05) is 11.5 Å². The molecule has 1 atom stereocenters. The van der Waals surface area contributed by atoms with Crippen LogP contribution >= 0.6 is 22.9 Å². The Balaban J connectivity index is 1.70. The van der Waals surface area contributed by atoms with E-state index in [1.807, 2.05) is 32.9 Å². The summed E-state index contributed by atoms with van der Waals surface area (Å²) in [6, 6.07) is 16.8. The Hall–Kier alpha value is -3.68. The molecule has 0 aliphatic carbocycles. The van der Waals surface area contributed by atoms with Gasteiger partial charge in [-0.3, -0.25) is 14.5 Å². The van der Waals surface area contributed by atoms with Crippen molar-refractivity contribution in [2.24, 2.45) is 0 Å². The van der Waals surface area contributed by atoms with E-state index in [9.17, 15) is 14.7 Å². The average Bonchev–Trinajstić information content (AvgIpc) is 3.38. The first-order valence-corrected chi connectivity index (χ1v) is 12.7. The fraction of sp³-hybridized carbons (Fsp3) is 0.179. The first-order valence-electron chi connectivity index (χ1n) is 11.5. The van der Waals surface area contributed by atoms with Crippen LogP contribution in [-0.2, 0) is 9.59 Å². The number of thiazole rings is 1. The molecule has 0 spiro atoms. The van der Waals surface area contributed by atoms with E-state index in [0.717, 1.165) is 21.3 Å². The van der Waals surface area contributed by atoms with Crippen molar-refractivity contribution >= 4 is 55.7 Å². The summed E-state index contributed by atoms with van der Waals surface area (Å²) < 4.78 is 6.40. The molecular formula is C28H23ClN2O4S. The Morgan fingerprint density at radius 2 is 1.86 bits per heavy atom. The van der Waals surface area contributed by atoms with Gasteiger partial charge in [0, 0.05) is 10.6 Å². The Kier molecular flexibility index (Phi) is 6.28. The molecule has 182 valence electrons. The van der Waals surface area contributed by atoms with Gasteiger partial charge in [-0.25, -0.2) is 4.98 Å². The topological polar surface area (TPSA) is 79.7 Å². The first-order chi connectivity index (χ1) is 17.3. The summed E-state index contributed by atoms with van der Waals surface area (Å²) in [7, 11) is 0. The van der Waals surface area contributed by atoms with E-state index in [2.05, 4.69) is 0 Å². The van der Waals surface area contributed by atoms with Crippen LogP contribution in [0.15, 0.2) is 66.2 Å². The third kappa shape index (κ3) is 4.14. The fourth-order valence-electron chi connectivity index (χ4n) is 4.52. The predicted octanol–water partition coefficient (Wildman–Crippen LogP) is 6.59. The molecule has 1 amide bonds. The van der Waals surface area contributed by atoms with Crippen molar-refractivity contribution in [1.82, 2.24) is 4.98 Å². The predicted molar refractivity (Wildman–Crippen MR) is 143 cm³/mol. The zero-order valence-corrected chi connectivity index (χ0v) is 21.5. The van der Waals surface area contributed by atoms with Crippen LogP contribution in [0.1, 0.15) is 35.2 Å². The van der Waals surface area contributed by atoms with Gasteiger partial charge in [-0.15, -0.1) is 0 Å². The Labute approximate surface area is 217 Å². The van der Waals surface area contributed by atoms with Crippen LogP contribution in [0.2, 0.25) is 5.02 Å². The van der Waals surface area contributed by atoms with Crippen LogP contribution in [0.25, 0.3) is 16.0 Å². The minimum absolute atomic E-state index is 0.0152. The van der Waals surface area contributed by atoms with Crippen LogP contribution in [0.3, 0.4) is 0 Å². The van der Waals surface area contributed by atoms with Gasteiger partial charge in [0.15, 0.2) is 5.13 Å². The molecule has 2 heterocycles. The van der Waals surface area contributed by atoms with Gasteiger partial charge in [-0.1, -0.05) is 41.1 Å². The number of halogens is 1. The van der Waals surface area contributed by atoms with Crippen molar-refractivity contribution in [1.29, 1.82) is 0 Å². The number of aryl methyl sites for hydroxylation is 2.